The van der Waals surface area contributed by atoms with Gasteiger partial charge in [0.05, 0.1) is 6.04 Å². The van der Waals surface area contributed by atoms with E-state index in [-0.39, 0.29) is 0 Å². The van der Waals surface area contributed by atoms with Crippen LogP contribution in [0.5, 0.6) is 0 Å². The van der Waals surface area contributed by atoms with Crippen LogP contribution in [0.25, 0.3) is 0 Å². The van der Waals surface area contributed by atoms with E-state index in [1.54, 1.807) is 0 Å². The Morgan fingerprint density at radius 3 is 2.55 bits per heavy atom. The van der Waals surface area contributed by atoms with Gasteiger partial charge in [-0.25, -0.2) is 4.68 Å². The van der Waals surface area contributed by atoms with Gasteiger partial charge < -0.3 is 16.0 Å². The van der Waals surface area contributed by atoms with Gasteiger partial charge in [0.1, 0.15) is 17.5 Å². The third-order valence-corrected chi connectivity index (χ3v) is 4.38. The average molecular weight is 274 g/mol. The number of nitrogen functional groups attached to an aromatic ring is 1. The molecule has 1 aliphatic heterocycles. The third-order valence-electron chi connectivity index (χ3n) is 4.38. The van der Waals surface area contributed by atoms with E-state index in [0.29, 0.717) is 17.4 Å². The number of nitrogens with one attached hydrogen (secondary N) is 1. The Hall–Kier alpha value is -1.74. The van der Waals surface area contributed by atoms with Crippen molar-refractivity contribution < 1.29 is 0 Å². The standard InChI is InChI=1S/C14H22N6/c15-10-12-13(16)20(11-4-2-1-3-5-11)18-14(12)19-8-6-17-7-9-19/h11,17H,1-9,16H2. The molecule has 6 nitrogen and oxygen atoms in total. The molecule has 0 atom stereocenters. The Kier molecular flexibility index (Phi) is 3.79. The van der Waals surface area contributed by atoms with E-state index in [9.17, 15) is 5.26 Å². The van der Waals surface area contributed by atoms with Crippen LogP contribution in [0.1, 0.15) is 43.7 Å². The number of aromatic nitrogens is 2. The highest BCUT2D eigenvalue weighted by Crippen LogP contribution is 2.33. The number of nitrogens with zero attached hydrogens (tertiary/aromatic N) is 4. The second-order valence-corrected chi connectivity index (χ2v) is 5.67. The molecule has 1 saturated heterocycles. The van der Waals surface area contributed by atoms with E-state index in [0.717, 1.165) is 44.8 Å². The highest BCUT2D eigenvalue weighted by molar-refractivity contribution is 5.65. The summed E-state index contributed by atoms with van der Waals surface area (Å²) >= 11 is 0. The van der Waals surface area contributed by atoms with Gasteiger partial charge in [0.2, 0.25) is 0 Å². The first-order chi connectivity index (χ1) is 9.81. The lowest BCUT2D eigenvalue weighted by Crippen LogP contribution is -2.44. The summed E-state index contributed by atoms with van der Waals surface area (Å²) in [5.41, 5.74) is 6.74. The fraction of sp³-hybridized carbons (Fsp3) is 0.714. The maximum Gasteiger partial charge on any atom is 0.171 e. The molecule has 1 aromatic heterocycles. The Morgan fingerprint density at radius 2 is 1.90 bits per heavy atom. The normalized spacial score (nSPS) is 20.9. The maximum absolute atomic E-state index is 9.42. The molecule has 0 radical (unpaired) electrons. The molecular weight excluding hydrogens is 252 g/mol. The molecule has 0 bridgehead atoms. The van der Waals surface area contributed by atoms with Crippen LogP contribution in [0.2, 0.25) is 0 Å². The molecule has 3 N–H and O–H groups in total. The fourth-order valence-electron chi connectivity index (χ4n) is 3.24. The molecule has 0 unspecified atom stereocenters. The van der Waals surface area contributed by atoms with Crippen molar-refractivity contribution in [2.75, 3.05) is 36.8 Å². The summed E-state index contributed by atoms with van der Waals surface area (Å²) in [6.45, 7) is 3.63. The SMILES string of the molecule is N#Cc1c(N2CCNCC2)nn(C2CCCCC2)c1N. The molecule has 108 valence electrons. The molecule has 3 rings (SSSR count). The molecule has 6 heteroatoms. The van der Waals surface area contributed by atoms with Crippen LogP contribution < -0.4 is 16.0 Å². The molecule has 0 amide bonds. The van der Waals surface area contributed by atoms with Crippen LogP contribution in [-0.2, 0) is 0 Å². The Labute approximate surface area is 119 Å². The van der Waals surface area contributed by atoms with Crippen LogP contribution in [0.3, 0.4) is 0 Å². The number of hydrogen-bond donors (Lipinski definition) is 2. The van der Waals surface area contributed by atoms with Crippen molar-refractivity contribution in [3.05, 3.63) is 5.56 Å². The first-order valence-electron chi connectivity index (χ1n) is 7.55. The summed E-state index contributed by atoms with van der Waals surface area (Å²) in [5, 5.41) is 17.4. The van der Waals surface area contributed by atoms with Crippen LogP contribution >= 0.6 is 0 Å². The zero-order valence-electron chi connectivity index (χ0n) is 11.8. The summed E-state index contributed by atoms with van der Waals surface area (Å²) in [4.78, 5) is 2.17. The van der Waals surface area contributed by atoms with E-state index < -0.39 is 0 Å². The summed E-state index contributed by atoms with van der Waals surface area (Å²) in [6.07, 6.45) is 6.01. The lowest BCUT2D eigenvalue weighted by Gasteiger charge is -2.27. The zero-order chi connectivity index (χ0) is 13.9. The minimum absolute atomic E-state index is 0.368. The number of nitrogens with two attached hydrogens (primary N) is 1. The quantitative estimate of drug-likeness (QED) is 0.848. The van der Waals surface area contributed by atoms with Crippen LogP contribution in [-0.4, -0.2) is 36.0 Å². The molecule has 0 aromatic carbocycles. The lowest BCUT2D eigenvalue weighted by atomic mass is 9.96. The molecule has 2 fully saturated rings. The third kappa shape index (κ3) is 2.34. The first-order valence-corrected chi connectivity index (χ1v) is 7.55. The van der Waals surface area contributed by atoms with Crippen molar-refractivity contribution in [1.29, 1.82) is 5.26 Å². The minimum Gasteiger partial charge on any atom is -0.383 e. The van der Waals surface area contributed by atoms with Crippen LogP contribution in [0, 0.1) is 11.3 Å². The number of piperazine rings is 1. The summed E-state index contributed by atoms with van der Waals surface area (Å²) in [7, 11) is 0. The molecule has 2 aliphatic rings. The number of anilines is 2. The Balaban J connectivity index is 1.91. The smallest absolute Gasteiger partial charge is 0.171 e. The Morgan fingerprint density at radius 1 is 1.20 bits per heavy atom. The molecular formula is C14H22N6. The molecule has 20 heavy (non-hydrogen) atoms. The monoisotopic (exact) mass is 274 g/mol. The first kappa shape index (κ1) is 13.3. The summed E-state index contributed by atoms with van der Waals surface area (Å²) < 4.78 is 1.91. The zero-order valence-corrected chi connectivity index (χ0v) is 11.8. The van der Waals surface area contributed by atoms with Crippen molar-refractivity contribution in [2.24, 2.45) is 0 Å². The van der Waals surface area contributed by atoms with Gasteiger partial charge in [0.15, 0.2) is 5.82 Å². The highest BCUT2D eigenvalue weighted by Gasteiger charge is 2.26. The van der Waals surface area contributed by atoms with Crippen molar-refractivity contribution in [3.63, 3.8) is 0 Å². The summed E-state index contributed by atoms with van der Waals surface area (Å²) in [6, 6.07) is 2.62. The van der Waals surface area contributed by atoms with Crippen molar-refractivity contribution in [1.82, 2.24) is 15.1 Å². The van der Waals surface area contributed by atoms with E-state index in [4.69, 9.17) is 10.8 Å². The average Bonchev–Trinajstić information content (AvgIpc) is 2.86. The predicted octanol–water partition coefficient (Wildman–Crippen LogP) is 1.25. The molecule has 1 saturated carbocycles. The topological polar surface area (TPSA) is 82.9 Å². The van der Waals surface area contributed by atoms with Gasteiger partial charge in [-0.2, -0.15) is 10.4 Å². The maximum atomic E-state index is 9.42. The largest absolute Gasteiger partial charge is 0.383 e. The highest BCUT2D eigenvalue weighted by atomic mass is 15.4. The van der Waals surface area contributed by atoms with Gasteiger partial charge in [0, 0.05) is 26.2 Å². The Bertz CT molecular complexity index is 502. The van der Waals surface area contributed by atoms with Gasteiger partial charge in [-0.05, 0) is 12.8 Å². The minimum atomic E-state index is 0.368. The summed E-state index contributed by atoms with van der Waals surface area (Å²) in [5.74, 6) is 1.32. The van der Waals surface area contributed by atoms with E-state index in [1.165, 1.54) is 19.3 Å². The van der Waals surface area contributed by atoms with Gasteiger partial charge in [-0.15, -0.1) is 0 Å². The van der Waals surface area contributed by atoms with Gasteiger partial charge >= 0.3 is 0 Å². The van der Waals surface area contributed by atoms with Crippen LogP contribution in [0.4, 0.5) is 11.6 Å². The van der Waals surface area contributed by atoms with E-state index >= 15 is 0 Å². The molecule has 2 heterocycles. The fourth-order valence-corrected chi connectivity index (χ4v) is 3.24. The van der Waals surface area contributed by atoms with Gasteiger partial charge in [-0.1, -0.05) is 19.3 Å². The number of hydrogen-bond acceptors (Lipinski definition) is 5. The molecule has 0 spiro atoms. The number of rotatable bonds is 2. The molecule has 1 aliphatic carbocycles. The lowest BCUT2D eigenvalue weighted by molar-refractivity contribution is 0.333. The second kappa shape index (κ2) is 5.71. The predicted molar refractivity (Wildman–Crippen MR) is 78.6 cm³/mol. The van der Waals surface area contributed by atoms with Crippen molar-refractivity contribution in [2.45, 2.75) is 38.1 Å². The van der Waals surface area contributed by atoms with E-state index in [2.05, 4.69) is 16.3 Å². The van der Waals surface area contributed by atoms with Gasteiger partial charge in [-0.3, -0.25) is 0 Å². The second-order valence-electron chi connectivity index (χ2n) is 5.67. The number of nitriles is 1. The van der Waals surface area contributed by atoms with Crippen molar-refractivity contribution in [3.8, 4) is 6.07 Å². The van der Waals surface area contributed by atoms with Crippen LogP contribution in [0.15, 0.2) is 0 Å². The van der Waals surface area contributed by atoms with Crippen molar-refractivity contribution >= 4 is 11.6 Å². The van der Waals surface area contributed by atoms with Gasteiger partial charge in [0.25, 0.3) is 0 Å². The van der Waals surface area contributed by atoms with E-state index in [1.807, 2.05) is 4.68 Å². The molecule has 1 aromatic rings.